The molecule has 0 aliphatic carbocycles. The van der Waals surface area contributed by atoms with Gasteiger partial charge in [-0.3, -0.25) is 4.31 Å². The molecule has 3 aromatic rings. The van der Waals surface area contributed by atoms with E-state index in [-0.39, 0.29) is 4.90 Å². The molecule has 0 radical (unpaired) electrons. The van der Waals surface area contributed by atoms with Crippen LogP contribution < -0.4 is 19.7 Å². The number of thiocarbonyl (C=S) groups is 1. The molecule has 0 saturated heterocycles. The molecule has 4 rings (SSSR count). The SMILES string of the molecule is CCOc1ccc(NC(=S)Nc2ccc(S(=O)(=O)N3CCCc4ccccc43)cc2)cc1. The fourth-order valence-electron chi connectivity index (χ4n) is 3.68. The largest absolute Gasteiger partial charge is 0.494 e. The van der Waals surface area contributed by atoms with E-state index in [1.54, 1.807) is 24.3 Å². The van der Waals surface area contributed by atoms with Crippen LogP contribution >= 0.6 is 12.2 Å². The van der Waals surface area contributed by atoms with Crippen molar-refractivity contribution >= 4 is 44.4 Å². The topological polar surface area (TPSA) is 70.7 Å². The van der Waals surface area contributed by atoms with Crippen molar-refractivity contribution in [1.82, 2.24) is 0 Å². The van der Waals surface area contributed by atoms with Gasteiger partial charge in [-0.05, 0) is 92.1 Å². The first-order chi connectivity index (χ1) is 15.5. The number of benzene rings is 3. The molecule has 6 nitrogen and oxygen atoms in total. The van der Waals surface area contributed by atoms with Gasteiger partial charge in [-0.2, -0.15) is 0 Å². The number of nitrogens with one attached hydrogen (secondary N) is 2. The molecule has 0 saturated carbocycles. The van der Waals surface area contributed by atoms with Crippen molar-refractivity contribution in [3.8, 4) is 5.75 Å². The van der Waals surface area contributed by atoms with E-state index in [1.807, 2.05) is 55.5 Å². The van der Waals surface area contributed by atoms with Crippen molar-refractivity contribution in [3.05, 3.63) is 78.4 Å². The van der Waals surface area contributed by atoms with E-state index in [2.05, 4.69) is 10.6 Å². The Kier molecular flexibility index (Phi) is 6.62. The number of hydrogen-bond acceptors (Lipinski definition) is 4. The van der Waals surface area contributed by atoms with E-state index in [9.17, 15) is 8.42 Å². The van der Waals surface area contributed by atoms with Gasteiger partial charge in [-0.1, -0.05) is 18.2 Å². The van der Waals surface area contributed by atoms with E-state index >= 15 is 0 Å². The predicted molar refractivity (Wildman–Crippen MR) is 133 cm³/mol. The summed E-state index contributed by atoms with van der Waals surface area (Å²) in [6.07, 6.45) is 1.70. The first-order valence-corrected chi connectivity index (χ1v) is 12.3. The summed E-state index contributed by atoms with van der Waals surface area (Å²) in [6.45, 7) is 3.03. The van der Waals surface area contributed by atoms with Gasteiger partial charge in [0.05, 0.1) is 17.2 Å². The average molecular weight is 468 g/mol. The number of nitrogens with zero attached hydrogens (tertiary/aromatic N) is 1. The second-order valence-electron chi connectivity index (χ2n) is 7.37. The fraction of sp³-hybridized carbons (Fsp3) is 0.208. The lowest BCUT2D eigenvalue weighted by atomic mass is 10.0. The van der Waals surface area contributed by atoms with Crippen molar-refractivity contribution in [1.29, 1.82) is 0 Å². The van der Waals surface area contributed by atoms with Crippen molar-refractivity contribution in [3.63, 3.8) is 0 Å². The number of hydrogen-bond donors (Lipinski definition) is 2. The van der Waals surface area contributed by atoms with Gasteiger partial charge in [-0.25, -0.2) is 8.42 Å². The number of para-hydroxylation sites is 1. The maximum Gasteiger partial charge on any atom is 0.264 e. The third kappa shape index (κ3) is 4.87. The predicted octanol–water partition coefficient (Wildman–Crippen LogP) is 5.04. The van der Waals surface area contributed by atoms with Crippen LogP contribution in [-0.2, 0) is 16.4 Å². The third-order valence-electron chi connectivity index (χ3n) is 5.19. The van der Waals surface area contributed by atoms with Gasteiger partial charge in [0.2, 0.25) is 0 Å². The van der Waals surface area contributed by atoms with Gasteiger partial charge in [0, 0.05) is 17.9 Å². The zero-order valence-electron chi connectivity index (χ0n) is 17.7. The smallest absolute Gasteiger partial charge is 0.264 e. The first-order valence-electron chi connectivity index (χ1n) is 10.5. The second-order valence-corrected chi connectivity index (χ2v) is 9.64. The van der Waals surface area contributed by atoms with Crippen LogP contribution in [0.25, 0.3) is 0 Å². The van der Waals surface area contributed by atoms with Gasteiger partial charge in [-0.15, -0.1) is 0 Å². The average Bonchev–Trinajstić information content (AvgIpc) is 2.80. The number of sulfonamides is 1. The fourth-order valence-corrected chi connectivity index (χ4v) is 5.46. The summed E-state index contributed by atoms with van der Waals surface area (Å²) in [7, 11) is -3.63. The van der Waals surface area contributed by atoms with E-state index in [0.29, 0.717) is 24.0 Å². The highest BCUT2D eigenvalue weighted by Crippen LogP contribution is 2.32. The van der Waals surface area contributed by atoms with Crippen LogP contribution in [0.15, 0.2) is 77.7 Å². The standard InChI is InChI=1S/C24H25N3O3S2/c1-2-30-21-13-9-19(10-14-21)25-24(31)26-20-11-15-22(16-12-20)32(28,29)27-17-5-7-18-6-3-4-8-23(18)27/h3-4,6,8-16H,2,5,7,17H2,1H3,(H2,25,26,31). The molecule has 166 valence electrons. The van der Waals surface area contributed by atoms with Crippen LogP contribution in [0.1, 0.15) is 18.9 Å². The summed E-state index contributed by atoms with van der Waals surface area (Å²) in [6, 6.07) is 21.8. The van der Waals surface area contributed by atoms with E-state index in [4.69, 9.17) is 17.0 Å². The lowest BCUT2D eigenvalue weighted by Crippen LogP contribution is -2.35. The highest BCUT2D eigenvalue weighted by Gasteiger charge is 2.28. The highest BCUT2D eigenvalue weighted by molar-refractivity contribution is 7.92. The number of rotatable bonds is 6. The lowest BCUT2D eigenvalue weighted by molar-refractivity contribution is 0.340. The van der Waals surface area contributed by atoms with Gasteiger partial charge < -0.3 is 15.4 Å². The van der Waals surface area contributed by atoms with Crippen LogP contribution in [0.2, 0.25) is 0 Å². The summed E-state index contributed by atoms with van der Waals surface area (Å²) < 4.78 is 33.5. The molecule has 8 heteroatoms. The minimum Gasteiger partial charge on any atom is -0.494 e. The second kappa shape index (κ2) is 9.58. The number of ether oxygens (including phenoxy) is 1. The Morgan fingerprint density at radius 2 is 1.59 bits per heavy atom. The minimum absolute atomic E-state index is 0.255. The van der Waals surface area contributed by atoms with Gasteiger partial charge in [0.1, 0.15) is 5.75 Å². The van der Waals surface area contributed by atoms with Crippen LogP contribution in [0, 0.1) is 0 Å². The van der Waals surface area contributed by atoms with E-state index in [0.717, 1.165) is 35.5 Å². The molecule has 0 fully saturated rings. The molecule has 0 aromatic heterocycles. The summed E-state index contributed by atoms with van der Waals surface area (Å²) in [5.41, 5.74) is 3.35. The van der Waals surface area contributed by atoms with Crippen molar-refractivity contribution in [2.24, 2.45) is 0 Å². The van der Waals surface area contributed by atoms with Gasteiger partial charge in [0.15, 0.2) is 5.11 Å². The lowest BCUT2D eigenvalue weighted by Gasteiger charge is -2.30. The maximum atomic E-state index is 13.3. The van der Waals surface area contributed by atoms with Gasteiger partial charge in [0.25, 0.3) is 10.0 Å². The van der Waals surface area contributed by atoms with E-state index < -0.39 is 10.0 Å². The Hall–Kier alpha value is -3.10. The molecule has 0 atom stereocenters. The Balaban J connectivity index is 1.43. The maximum absolute atomic E-state index is 13.3. The summed E-state index contributed by atoms with van der Waals surface area (Å²) >= 11 is 5.37. The number of anilines is 3. The first kappa shape index (κ1) is 22.1. The third-order valence-corrected chi connectivity index (χ3v) is 7.22. The Morgan fingerprint density at radius 1 is 0.969 bits per heavy atom. The molecule has 1 heterocycles. The molecule has 1 aliphatic heterocycles. The Labute approximate surface area is 194 Å². The molecule has 0 amide bonds. The summed E-state index contributed by atoms with van der Waals surface area (Å²) in [5, 5.41) is 6.60. The van der Waals surface area contributed by atoms with Crippen molar-refractivity contribution < 1.29 is 13.2 Å². The van der Waals surface area contributed by atoms with Crippen LogP contribution in [0.4, 0.5) is 17.1 Å². The van der Waals surface area contributed by atoms with Gasteiger partial charge >= 0.3 is 0 Å². The number of aryl methyl sites for hydroxylation is 1. The molecule has 2 N–H and O–H groups in total. The van der Waals surface area contributed by atoms with Crippen molar-refractivity contribution in [2.75, 3.05) is 28.1 Å². The molecule has 0 spiro atoms. The minimum atomic E-state index is -3.63. The van der Waals surface area contributed by atoms with Crippen LogP contribution in [0.3, 0.4) is 0 Å². The number of fused-ring (bicyclic) bond motifs is 1. The molecule has 1 aliphatic rings. The Bertz CT molecular complexity index is 1190. The monoisotopic (exact) mass is 467 g/mol. The quantitative estimate of drug-likeness (QED) is 0.495. The Morgan fingerprint density at radius 3 is 2.25 bits per heavy atom. The van der Waals surface area contributed by atoms with Crippen molar-refractivity contribution in [2.45, 2.75) is 24.7 Å². The van der Waals surface area contributed by atoms with Crippen LogP contribution in [0.5, 0.6) is 5.75 Å². The van der Waals surface area contributed by atoms with Crippen LogP contribution in [-0.4, -0.2) is 26.7 Å². The summed E-state index contributed by atoms with van der Waals surface area (Å²) in [4.78, 5) is 0.255. The highest BCUT2D eigenvalue weighted by atomic mass is 32.2. The zero-order valence-corrected chi connectivity index (χ0v) is 19.4. The van der Waals surface area contributed by atoms with E-state index in [1.165, 1.54) is 4.31 Å². The molecule has 0 unspecified atom stereocenters. The normalized spacial score (nSPS) is 13.2. The molecular weight excluding hydrogens is 442 g/mol. The summed E-state index contributed by atoms with van der Waals surface area (Å²) in [5.74, 6) is 0.796. The molecular formula is C24H25N3O3S2. The molecule has 3 aromatic carbocycles. The molecule has 32 heavy (non-hydrogen) atoms. The molecule has 0 bridgehead atoms. The zero-order chi connectivity index (χ0) is 22.6.